The highest BCUT2D eigenvalue weighted by Gasteiger charge is 2.32. The second-order valence-corrected chi connectivity index (χ2v) is 6.54. The zero-order chi connectivity index (χ0) is 23.1. The van der Waals surface area contributed by atoms with E-state index in [1.54, 1.807) is 18.3 Å². The van der Waals surface area contributed by atoms with E-state index in [4.69, 9.17) is 0 Å². The number of hydrogen-bond donors (Lipinski definition) is 1. The molecule has 0 saturated carbocycles. The van der Waals surface area contributed by atoms with Crippen molar-refractivity contribution in [3.63, 3.8) is 0 Å². The van der Waals surface area contributed by atoms with Gasteiger partial charge in [-0.05, 0) is 37.3 Å². The monoisotopic (exact) mass is 440 g/mol. The first kappa shape index (κ1) is 22.6. The lowest BCUT2D eigenvalue weighted by Gasteiger charge is -2.07. The Balaban J connectivity index is 1.66. The van der Waals surface area contributed by atoms with Crippen molar-refractivity contribution >= 4 is 17.4 Å². The summed E-state index contributed by atoms with van der Waals surface area (Å²) in [5, 5.41) is 2.66. The third-order valence-corrected chi connectivity index (χ3v) is 4.19. The number of anilines is 1. The molecular formula is C22H19F3N6O. The number of nitrogens with zero attached hydrogens (tertiary/aromatic N) is 5. The van der Waals surface area contributed by atoms with Gasteiger partial charge in [0.2, 0.25) is 5.91 Å². The molecule has 0 spiro atoms. The predicted molar refractivity (Wildman–Crippen MR) is 115 cm³/mol. The Morgan fingerprint density at radius 1 is 1.25 bits per heavy atom. The molecule has 0 aliphatic rings. The summed E-state index contributed by atoms with van der Waals surface area (Å²) in [5.74, 6) is -0.0187. The topological polar surface area (TPSA) is 85.1 Å². The summed E-state index contributed by atoms with van der Waals surface area (Å²) < 4.78 is 40.0. The number of carbonyl (C=O) groups excluding carboxylic acids is 1. The number of hydrogen-bond acceptors (Lipinski definition) is 5. The Kier molecular flexibility index (Phi) is 6.93. The van der Waals surface area contributed by atoms with Gasteiger partial charge in [-0.3, -0.25) is 14.8 Å². The Morgan fingerprint density at radius 3 is 2.72 bits per heavy atom. The van der Waals surface area contributed by atoms with E-state index in [-0.39, 0.29) is 18.0 Å². The zero-order valence-corrected chi connectivity index (χ0v) is 17.0. The fraction of sp³-hybridized carbons (Fsp3) is 0.136. The third-order valence-electron chi connectivity index (χ3n) is 4.19. The van der Waals surface area contributed by atoms with Gasteiger partial charge in [0.05, 0.1) is 17.7 Å². The van der Waals surface area contributed by atoms with Gasteiger partial charge in [-0.15, -0.1) is 0 Å². The maximum absolute atomic E-state index is 12.9. The molecule has 0 bridgehead atoms. The van der Waals surface area contributed by atoms with Crippen molar-refractivity contribution in [2.24, 2.45) is 4.99 Å². The molecule has 0 aliphatic carbocycles. The lowest BCUT2D eigenvalue weighted by Crippen LogP contribution is -2.18. The second-order valence-electron chi connectivity index (χ2n) is 6.54. The van der Waals surface area contributed by atoms with Gasteiger partial charge in [0.1, 0.15) is 18.1 Å². The van der Waals surface area contributed by atoms with Crippen LogP contribution in [0.5, 0.6) is 0 Å². The molecule has 0 aliphatic heterocycles. The summed E-state index contributed by atoms with van der Waals surface area (Å²) in [4.78, 5) is 28.1. The number of amides is 1. The molecule has 3 heterocycles. The third kappa shape index (κ3) is 5.75. The molecule has 32 heavy (non-hydrogen) atoms. The van der Waals surface area contributed by atoms with Crippen LogP contribution in [0.3, 0.4) is 0 Å². The molecule has 0 radical (unpaired) electrons. The van der Waals surface area contributed by atoms with Crippen LogP contribution in [0.4, 0.5) is 19.0 Å². The highest BCUT2D eigenvalue weighted by molar-refractivity contribution is 6.08. The SMILES string of the molecule is C=CN=C(/C=C\C)c1ccc(NC(=O)Cn2cnc(-c3ccnc(C(F)(F)F)c3)c2)nc1. The molecule has 0 atom stereocenters. The number of nitrogens with one attached hydrogen (secondary N) is 1. The van der Waals surface area contributed by atoms with E-state index in [1.165, 1.54) is 29.4 Å². The molecule has 0 aromatic carbocycles. The number of alkyl halides is 3. The summed E-state index contributed by atoms with van der Waals surface area (Å²) in [6.07, 6.45) is 6.04. The first-order valence-electron chi connectivity index (χ1n) is 9.43. The number of aromatic nitrogens is 4. The van der Waals surface area contributed by atoms with Gasteiger partial charge in [0.15, 0.2) is 0 Å². The van der Waals surface area contributed by atoms with Crippen molar-refractivity contribution in [1.29, 1.82) is 0 Å². The highest BCUT2D eigenvalue weighted by Crippen LogP contribution is 2.29. The predicted octanol–water partition coefficient (Wildman–Crippen LogP) is 4.51. The quantitative estimate of drug-likeness (QED) is 0.548. The fourth-order valence-corrected chi connectivity index (χ4v) is 2.78. The van der Waals surface area contributed by atoms with Gasteiger partial charge < -0.3 is 9.88 Å². The van der Waals surface area contributed by atoms with Gasteiger partial charge in [-0.25, -0.2) is 9.97 Å². The molecule has 0 saturated heterocycles. The average Bonchev–Trinajstić information content (AvgIpc) is 3.22. The number of imidazole rings is 1. The minimum absolute atomic E-state index is 0.0879. The van der Waals surface area contributed by atoms with Crippen LogP contribution in [-0.2, 0) is 17.5 Å². The Hall–Kier alpha value is -4.08. The highest BCUT2D eigenvalue weighted by atomic mass is 19.4. The second kappa shape index (κ2) is 9.82. The molecule has 1 amide bonds. The maximum Gasteiger partial charge on any atom is 0.433 e. The molecule has 10 heteroatoms. The molecule has 3 aromatic heterocycles. The molecule has 3 aromatic rings. The first-order chi connectivity index (χ1) is 15.3. The van der Waals surface area contributed by atoms with Gasteiger partial charge in [0, 0.05) is 35.9 Å². The number of rotatable bonds is 7. The van der Waals surface area contributed by atoms with Crippen molar-refractivity contribution in [1.82, 2.24) is 19.5 Å². The average molecular weight is 440 g/mol. The molecule has 164 valence electrons. The molecule has 0 unspecified atom stereocenters. The van der Waals surface area contributed by atoms with Crippen LogP contribution in [-0.4, -0.2) is 31.1 Å². The van der Waals surface area contributed by atoms with Crippen LogP contribution in [0.1, 0.15) is 18.2 Å². The number of carbonyl (C=O) groups is 1. The maximum atomic E-state index is 12.9. The molecule has 1 N–H and O–H groups in total. The van der Waals surface area contributed by atoms with Crippen LogP contribution < -0.4 is 5.32 Å². The first-order valence-corrected chi connectivity index (χ1v) is 9.43. The number of aliphatic imine (C=N–C) groups is 1. The van der Waals surface area contributed by atoms with Crippen LogP contribution in [0.25, 0.3) is 11.3 Å². The molecule has 3 rings (SSSR count). The fourth-order valence-electron chi connectivity index (χ4n) is 2.78. The zero-order valence-electron chi connectivity index (χ0n) is 17.0. The Labute approximate surface area is 182 Å². The largest absolute Gasteiger partial charge is 0.433 e. The van der Waals surface area contributed by atoms with Crippen LogP contribution in [0.2, 0.25) is 0 Å². The summed E-state index contributed by atoms with van der Waals surface area (Å²) >= 11 is 0. The van der Waals surface area contributed by atoms with Crippen molar-refractivity contribution in [3.05, 3.63) is 85.4 Å². The number of allylic oxidation sites excluding steroid dienone is 2. The van der Waals surface area contributed by atoms with Crippen LogP contribution >= 0.6 is 0 Å². The number of halogens is 3. The lowest BCUT2D eigenvalue weighted by atomic mass is 10.1. The molecular weight excluding hydrogens is 421 g/mol. The van der Waals surface area contributed by atoms with Gasteiger partial charge in [-0.2, -0.15) is 13.2 Å². The van der Waals surface area contributed by atoms with Gasteiger partial charge >= 0.3 is 6.18 Å². The lowest BCUT2D eigenvalue weighted by molar-refractivity contribution is -0.141. The van der Waals surface area contributed by atoms with Crippen molar-refractivity contribution in [2.75, 3.05) is 5.32 Å². The smallest absolute Gasteiger partial charge is 0.327 e. The minimum atomic E-state index is -4.55. The van der Waals surface area contributed by atoms with Gasteiger partial charge in [0.25, 0.3) is 0 Å². The Bertz CT molecular complexity index is 1160. The molecule has 0 fully saturated rings. The number of pyridine rings is 2. The molecule has 7 nitrogen and oxygen atoms in total. The van der Waals surface area contributed by atoms with E-state index in [1.807, 2.05) is 19.1 Å². The van der Waals surface area contributed by atoms with E-state index >= 15 is 0 Å². The van der Waals surface area contributed by atoms with E-state index < -0.39 is 11.9 Å². The van der Waals surface area contributed by atoms with E-state index in [0.717, 1.165) is 17.8 Å². The van der Waals surface area contributed by atoms with Crippen LogP contribution in [0, 0.1) is 0 Å². The van der Waals surface area contributed by atoms with E-state index in [0.29, 0.717) is 17.2 Å². The van der Waals surface area contributed by atoms with Crippen molar-refractivity contribution < 1.29 is 18.0 Å². The standard InChI is InChI=1S/C22H19F3N6O/c1-3-5-17(26-4-2)16-6-7-20(28-11-16)30-21(32)13-31-12-18(29-14-31)15-8-9-27-19(10-15)22(23,24)25/h3-12,14H,2,13H2,1H3,(H,28,30,32)/b5-3-,26-17?. The summed E-state index contributed by atoms with van der Waals surface area (Å²) in [6, 6.07) is 5.74. The van der Waals surface area contributed by atoms with Crippen molar-refractivity contribution in [2.45, 2.75) is 19.6 Å². The summed E-state index contributed by atoms with van der Waals surface area (Å²) in [6.45, 7) is 5.36. The van der Waals surface area contributed by atoms with Crippen molar-refractivity contribution in [3.8, 4) is 11.3 Å². The normalized spacial score (nSPS) is 12.2. The van der Waals surface area contributed by atoms with Gasteiger partial charge in [-0.1, -0.05) is 12.7 Å². The minimum Gasteiger partial charge on any atom is -0.327 e. The Morgan fingerprint density at radius 2 is 2.06 bits per heavy atom. The van der Waals surface area contributed by atoms with E-state index in [9.17, 15) is 18.0 Å². The van der Waals surface area contributed by atoms with E-state index in [2.05, 4.69) is 31.8 Å². The van der Waals surface area contributed by atoms with Crippen LogP contribution in [0.15, 0.2) is 79.1 Å². The summed E-state index contributed by atoms with van der Waals surface area (Å²) in [5.41, 5.74) is 0.986. The summed E-state index contributed by atoms with van der Waals surface area (Å²) in [7, 11) is 0.